The SMILES string of the molecule is [O-][Cl+]OPCc1ccc(-c2ccccc2)c(-c2ccccc2)c1-c1ccccc1. The highest BCUT2D eigenvalue weighted by Crippen LogP contribution is 2.43. The standard InChI is InChI=1S/C25H20ClO2P/c27-26-28-29-18-22-16-17-23(19-10-4-1-5-11-19)25(21-14-8-3-9-15-21)24(22)20-12-6-2-7-13-20/h1-17,29H,18H2. The van der Waals surface area contributed by atoms with Crippen LogP contribution in [0.1, 0.15) is 5.56 Å². The van der Waals surface area contributed by atoms with Crippen molar-refractivity contribution in [3.63, 3.8) is 0 Å². The Labute approximate surface area is 177 Å². The molecule has 0 radical (unpaired) electrons. The maximum atomic E-state index is 10.6. The lowest BCUT2D eigenvalue weighted by Gasteiger charge is -2.20. The zero-order chi connectivity index (χ0) is 19.9. The van der Waals surface area contributed by atoms with Crippen LogP contribution in [0.2, 0.25) is 0 Å². The van der Waals surface area contributed by atoms with Gasteiger partial charge in [0.1, 0.15) is 0 Å². The summed E-state index contributed by atoms with van der Waals surface area (Å²) in [7, 11) is 0.0941. The summed E-state index contributed by atoms with van der Waals surface area (Å²) in [4.78, 5) is 0. The van der Waals surface area contributed by atoms with Gasteiger partial charge in [-0.15, -0.1) is 0 Å². The molecule has 2 nitrogen and oxygen atoms in total. The van der Waals surface area contributed by atoms with E-state index in [4.69, 9.17) is 4.08 Å². The number of rotatable bonds is 7. The molecule has 4 heteroatoms. The molecule has 0 aliphatic heterocycles. The average Bonchev–Trinajstić information content (AvgIpc) is 2.80. The third-order valence-electron chi connectivity index (χ3n) is 4.85. The van der Waals surface area contributed by atoms with Gasteiger partial charge in [0.25, 0.3) is 0 Å². The van der Waals surface area contributed by atoms with E-state index in [1.807, 2.05) is 18.2 Å². The highest BCUT2D eigenvalue weighted by atomic mass is 35.6. The van der Waals surface area contributed by atoms with E-state index >= 15 is 0 Å². The molecule has 4 aromatic rings. The monoisotopic (exact) mass is 418 g/mol. The number of hydrogen-bond donors (Lipinski definition) is 0. The molecule has 0 fully saturated rings. The van der Waals surface area contributed by atoms with Crippen molar-refractivity contribution in [2.75, 3.05) is 0 Å². The fourth-order valence-corrected chi connectivity index (χ4v) is 4.46. The lowest BCUT2D eigenvalue weighted by molar-refractivity contribution is -1.25. The first kappa shape index (κ1) is 19.8. The molecule has 0 saturated carbocycles. The molecule has 4 aromatic carbocycles. The van der Waals surface area contributed by atoms with Crippen molar-refractivity contribution in [2.24, 2.45) is 0 Å². The maximum absolute atomic E-state index is 10.6. The Bertz CT molecular complexity index is 1050. The Morgan fingerprint density at radius 3 is 1.69 bits per heavy atom. The van der Waals surface area contributed by atoms with Crippen LogP contribution in [0.25, 0.3) is 33.4 Å². The van der Waals surface area contributed by atoms with Crippen molar-refractivity contribution >= 4 is 8.81 Å². The summed E-state index contributed by atoms with van der Waals surface area (Å²) in [6.45, 7) is 0. The van der Waals surface area contributed by atoms with Gasteiger partial charge in [-0.2, -0.15) is 0 Å². The zero-order valence-corrected chi connectivity index (χ0v) is 17.5. The van der Waals surface area contributed by atoms with E-state index in [1.165, 1.54) is 33.4 Å². The average molecular weight is 419 g/mol. The Morgan fingerprint density at radius 2 is 1.14 bits per heavy atom. The second-order valence-corrected chi connectivity index (χ2v) is 7.97. The van der Waals surface area contributed by atoms with Crippen LogP contribution in [0.15, 0.2) is 103 Å². The Kier molecular flexibility index (Phi) is 6.71. The van der Waals surface area contributed by atoms with Gasteiger partial charge in [0.05, 0.1) is 8.81 Å². The first-order valence-corrected chi connectivity index (χ1v) is 11.1. The molecule has 0 aliphatic carbocycles. The molecule has 0 saturated heterocycles. The van der Waals surface area contributed by atoms with Crippen molar-refractivity contribution in [1.29, 1.82) is 0 Å². The predicted molar refractivity (Wildman–Crippen MR) is 116 cm³/mol. The fourth-order valence-electron chi connectivity index (χ4n) is 3.62. The summed E-state index contributed by atoms with van der Waals surface area (Å²) in [6.07, 6.45) is 0.689. The van der Waals surface area contributed by atoms with Crippen molar-refractivity contribution in [3.05, 3.63) is 109 Å². The van der Waals surface area contributed by atoms with Gasteiger partial charge in [-0.1, -0.05) is 107 Å². The minimum absolute atomic E-state index is 0.0941. The van der Waals surface area contributed by atoms with Gasteiger partial charge in [0, 0.05) is 6.16 Å². The van der Waals surface area contributed by atoms with E-state index in [2.05, 4.69) is 84.9 Å². The normalized spacial score (nSPS) is 11.2. The van der Waals surface area contributed by atoms with Gasteiger partial charge in [0.2, 0.25) is 0 Å². The summed E-state index contributed by atoms with van der Waals surface area (Å²) in [5, 5.41) is 0. The Morgan fingerprint density at radius 1 is 0.621 bits per heavy atom. The molecule has 1 atom stereocenters. The van der Waals surface area contributed by atoms with Crippen LogP contribution in [-0.4, -0.2) is 0 Å². The summed E-state index contributed by atoms with van der Waals surface area (Å²) < 4.78 is 15.7. The highest BCUT2D eigenvalue weighted by molar-refractivity contribution is 7.31. The van der Waals surface area contributed by atoms with Gasteiger partial charge in [-0.05, 0) is 38.9 Å². The van der Waals surface area contributed by atoms with Gasteiger partial charge in [0.15, 0.2) is 0 Å². The molecule has 0 aromatic heterocycles. The van der Waals surface area contributed by atoms with Crippen molar-refractivity contribution in [1.82, 2.24) is 0 Å². The molecule has 0 aliphatic rings. The third kappa shape index (κ3) is 4.58. The summed E-state index contributed by atoms with van der Waals surface area (Å²) in [5.74, 6) is 0. The molecule has 29 heavy (non-hydrogen) atoms. The summed E-state index contributed by atoms with van der Waals surface area (Å²) in [6, 6.07) is 35.7. The summed E-state index contributed by atoms with van der Waals surface area (Å²) in [5.41, 5.74) is 8.28. The van der Waals surface area contributed by atoms with E-state index in [9.17, 15) is 4.66 Å². The highest BCUT2D eigenvalue weighted by Gasteiger charge is 2.18. The zero-order valence-electron chi connectivity index (χ0n) is 15.7. The fraction of sp³-hybridized carbons (Fsp3) is 0.0400. The molecule has 0 N–H and O–H groups in total. The van der Waals surface area contributed by atoms with Gasteiger partial charge in [-0.3, -0.25) is 0 Å². The predicted octanol–water partition coefficient (Wildman–Crippen LogP) is 6.07. The van der Waals surface area contributed by atoms with E-state index < -0.39 is 0 Å². The molecular formula is C25H20ClO2P. The van der Waals surface area contributed by atoms with E-state index in [-0.39, 0.29) is 8.81 Å². The van der Waals surface area contributed by atoms with E-state index in [0.717, 1.165) is 5.56 Å². The molecular weight excluding hydrogens is 399 g/mol. The second kappa shape index (κ2) is 9.82. The van der Waals surface area contributed by atoms with Crippen molar-refractivity contribution in [3.8, 4) is 33.4 Å². The summed E-state index contributed by atoms with van der Waals surface area (Å²) >= 11 is 0.638. The minimum atomic E-state index is 0.0941. The Hall–Kier alpha value is -2.48. The maximum Gasteiger partial charge on any atom is 0.333 e. The van der Waals surface area contributed by atoms with Gasteiger partial charge in [-0.25, -0.2) is 0 Å². The van der Waals surface area contributed by atoms with E-state index in [1.54, 1.807) is 0 Å². The molecule has 0 amide bonds. The van der Waals surface area contributed by atoms with Crippen LogP contribution in [0.4, 0.5) is 0 Å². The largest absolute Gasteiger partial charge is 0.506 e. The van der Waals surface area contributed by atoms with Crippen LogP contribution in [-0.2, 0) is 10.2 Å². The molecule has 0 bridgehead atoms. The van der Waals surface area contributed by atoms with Crippen molar-refractivity contribution < 1.29 is 20.1 Å². The second-order valence-electron chi connectivity index (χ2n) is 6.58. The minimum Gasteiger partial charge on any atom is -0.506 e. The number of benzene rings is 4. The lowest BCUT2D eigenvalue weighted by Crippen LogP contribution is -1.99. The van der Waals surface area contributed by atoms with Crippen LogP contribution >= 0.6 is 8.81 Å². The molecule has 0 spiro atoms. The van der Waals surface area contributed by atoms with Crippen LogP contribution in [0.5, 0.6) is 0 Å². The quantitative estimate of drug-likeness (QED) is 0.269. The first-order valence-electron chi connectivity index (χ1n) is 9.36. The molecule has 1 unspecified atom stereocenters. The van der Waals surface area contributed by atoms with Crippen LogP contribution in [0.3, 0.4) is 0 Å². The van der Waals surface area contributed by atoms with Crippen molar-refractivity contribution in [2.45, 2.75) is 6.16 Å². The molecule has 144 valence electrons. The van der Waals surface area contributed by atoms with Gasteiger partial charge < -0.3 is 4.66 Å². The smallest absolute Gasteiger partial charge is 0.333 e. The van der Waals surface area contributed by atoms with E-state index in [0.29, 0.717) is 17.5 Å². The topological polar surface area (TPSA) is 32.3 Å². The van der Waals surface area contributed by atoms with Crippen LogP contribution < -0.4 is 4.66 Å². The molecule has 0 heterocycles. The first-order chi connectivity index (χ1) is 14.4. The number of hydrogen-bond acceptors (Lipinski definition) is 2. The molecule has 4 rings (SSSR count). The van der Waals surface area contributed by atoms with Gasteiger partial charge >= 0.3 is 11.3 Å². The number of halogens is 1. The third-order valence-corrected chi connectivity index (χ3v) is 6.06. The van der Waals surface area contributed by atoms with Crippen LogP contribution in [0, 0.1) is 11.3 Å². The Balaban J connectivity index is 1.99. The lowest BCUT2D eigenvalue weighted by atomic mass is 9.85.